The van der Waals surface area contributed by atoms with Gasteiger partial charge in [-0.05, 0) is 51.3 Å². The van der Waals surface area contributed by atoms with Gasteiger partial charge in [0.1, 0.15) is 5.75 Å². The number of carboxylic acids is 1. The van der Waals surface area contributed by atoms with Crippen molar-refractivity contribution in [2.24, 2.45) is 0 Å². The van der Waals surface area contributed by atoms with Crippen LogP contribution < -0.4 is 4.74 Å². The highest BCUT2D eigenvalue weighted by Gasteiger charge is 2.55. The Morgan fingerprint density at radius 3 is 2.34 bits per heavy atom. The Bertz CT molecular complexity index is 788. The number of benzene rings is 1. The fourth-order valence-corrected chi connectivity index (χ4v) is 4.93. The van der Waals surface area contributed by atoms with E-state index in [9.17, 15) is 24.8 Å². The summed E-state index contributed by atoms with van der Waals surface area (Å²) < 4.78 is 5.51. The van der Waals surface area contributed by atoms with Crippen LogP contribution in [0.4, 0.5) is 5.69 Å². The zero-order valence-corrected chi connectivity index (χ0v) is 17.6. The Morgan fingerprint density at radius 2 is 1.90 bits per heavy atom. The number of Topliss-reactive ketones (excluding diaryl/α,β-unsaturated/α-hetero) is 1. The molecule has 2 rings (SSSR count). The average Bonchev–Trinajstić information content (AvgIpc) is 2.70. The third-order valence-electron chi connectivity index (χ3n) is 5.94. The van der Waals surface area contributed by atoms with Crippen LogP contribution in [0.3, 0.4) is 0 Å². The molecule has 1 aliphatic rings. The molecule has 0 heterocycles. The number of aliphatic carboxylic acids is 1. The van der Waals surface area contributed by atoms with Crippen molar-refractivity contribution in [2.75, 3.05) is 20.2 Å². The van der Waals surface area contributed by atoms with E-state index >= 15 is 0 Å². The minimum atomic E-state index is -1.46. The molecule has 0 fully saturated rings. The van der Waals surface area contributed by atoms with Crippen LogP contribution in [0.2, 0.25) is 0 Å². The molecule has 0 aromatic heterocycles. The van der Waals surface area contributed by atoms with Crippen molar-refractivity contribution in [1.82, 2.24) is 4.90 Å². The van der Waals surface area contributed by atoms with E-state index < -0.39 is 28.1 Å². The lowest BCUT2D eigenvalue weighted by Gasteiger charge is -2.50. The van der Waals surface area contributed by atoms with Gasteiger partial charge in [0, 0.05) is 23.1 Å². The maximum atomic E-state index is 13.2. The smallest absolute Gasteiger partial charge is 0.374 e. The molecule has 8 nitrogen and oxygen atoms in total. The van der Waals surface area contributed by atoms with Gasteiger partial charge in [-0.2, -0.15) is 0 Å². The van der Waals surface area contributed by atoms with Gasteiger partial charge in [-0.3, -0.25) is 19.8 Å². The molecule has 0 saturated carbocycles. The molecule has 2 atom stereocenters. The molecule has 0 bridgehead atoms. The Balaban J connectivity index is 2.82. The number of hydrogen-bond donors (Lipinski definition) is 1. The van der Waals surface area contributed by atoms with Crippen molar-refractivity contribution < 1.29 is 24.4 Å². The third kappa shape index (κ3) is 3.85. The Kier molecular flexibility index (Phi) is 7.35. The molecule has 8 heteroatoms. The van der Waals surface area contributed by atoms with Crippen molar-refractivity contribution in [3.63, 3.8) is 0 Å². The summed E-state index contributed by atoms with van der Waals surface area (Å²) in [6.45, 7) is 7.03. The normalized spacial score (nSPS) is 20.9. The summed E-state index contributed by atoms with van der Waals surface area (Å²) in [6, 6.07) is 2.97. The highest BCUT2D eigenvalue weighted by Crippen LogP contribution is 2.51. The highest BCUT2D eigenvalue weighted by molar-refractivity contribution is 6.36. The molecule has 2 unspecified atom stereocenters. The average molecular weight is 406 g/mol. The lowest BCUT2D eigenvalue weighted by Crippen LogP contribution is -2.62. The fourth-order valence-electron chi connectivity index (χ4n) is 4.93. The molecule has 1 aromatic rings. The number of fused-ring (bicyclic) bond motifs is 1. The maximum Gasteiger partial charge on any atom is 0.374 e. The number of ketones is 1. The predicted octanol–water partition coefficient (Wildman–Crippen LogP) is 3.56. The SMILES string of the molecule is CCCN(CCC)C1(C(=O)C(=O)O)CCc2c([N+](=O)[O-])ccc(OC)c2C1CC. The quantitative estimate of drug-likeness (QED) is 0.359. The van der Waals surface area contributed by atoms with Crippen LogP contribution in [0.1, 0.15) is 63.5 Å². The first-order valence-corrected chi connectivity index (χ1v) is 10.2. The minimum absolute atomic E-state index is 0.00634. The molecular formula is C21H30N2O6. The lowest BCUT2D eigenvalue weighted by atomic mass is 9.64. The fraction of sp³-hybridized carbons (Fsp3) is 0.619. The number of nitrogens with zero attached hydrogens (tertiary/aromatic N) is 2. The summed E-state index contributed by atoms with van der Waals surface area (Å²) >= 11 is 0. The van der Waals surface area contributed by atoms with Gasteiger partial charge < -0.3 is 9.84 Å². The van der Waals surface area contributed by atoms with Gasteiger partial charge in [0.05, 0.1) is 17.6 Å². The second kappa shape index (κ2) is 9.35. The van der Waals surface area contributed by atoms with Crippen LogP contribution in [0.5, 0.6) is 5.75 Å². The van der Waals surface area contributed by atoms with E-state index in [2.05, 4.69) is 0 Å². The zero-order chi connectivity index (χ0) is 21.8. The van der Waals surface area contributed by atoms with Gasteiger partial charge in [0.2, 0.25) is 0 Å². The summed E-state index contributed by atoms with van der Waals surface area (Å²) in [5, 5.41) is 21.3. The third-order valence-corrected chi connectivity index (χ3v) is 5.94. The highest BCUT2D eigenvalue weighted by atomic mass is 16.6. The second-order valence-corrected chi connectivity index (χ2v) is 7.44. The molecular weight excluding hydrogens is 376 g/mol. The van der Waals surface area contributed by atoms with Crippen LogP contribution in [0, 0.1) is 10.1 Å². The van der Waals surface area contributed by atoms with Gasteiger partial charge in [0.25, 0.3) is 11.5 Å². The monoisotopic (exact) mass is 406 g/mol. The molecule has 0 aliphatic heterocycles. The van der Waals surface area contributed by atoms with E-state index in [0.29, 0.717) is 36.4 Å². The van der Waals surface area contributed by atoms with E-state index in [1.165, 1.54) is 13.2 Å². The van der Waals surface area contributed by atoms with Crippen molar-refractivity contribution in [3.8, 4) is 5.75 Å². The van der Waals surface area contributed by atoms with Crippen molar-refractivity contribution >= 4 is 17.4 Å². The lowest BCUT2D eigenvalue weighted by molar-refractivity contribution is -0.385. The van der Waals surface area contributed by atoms with Gasteiger partial charge in [0.15, 0.2) is 0 Å². The molecule has 1 aliphatic carbocycles. The standard InChI is InChI=1S/C21H30N2O6/c1-5-12-22(13-6-2)21(19(24)20(25)26)11-10-14-16(23(27)28)8-9-17(29-4)18(14)15(21)7-3/h8-9,15H,5-7,10-13H2,1-4H3,(H,25,26). The molecule has 0 radical (unpaired) electrons. The first-order valence-electron chi connectivity index (χ1n) is 10.2. The topological polar surface area (TPSA) is 110 Å². The minimum Gasteiger partial charge on any atom is -0.496 e. The summed E-state index contributed by atoms with van der Waals surface area (Å²) in [6.07, 6.45) is 2.49. The zero-order valence-electron chi connectivity index (χ0n) is 17.6. The van der Waals surface area contributed by atoms with Crippen LogP contribution in [-0.4, -0.2) is 52.4 Å². The second-order valence-electron chi connectivity index (χ2n) is 7.44. The molecule has 0 amide bonds. The van der Waals surface area contributed by atoms with E-state index in [1.807, 2.05) is 25.7 Å². The summed E-state index contributed by atoms with van der Waals surface area (Å²) in [7, 11) is 1.49. The predicted molar refractivity (Wildman–Crippen MR) is 109 cm³/mol. The van der Waals surface area contributed by atoms with Crippen molar-refractivity contribution in [2.45, 2.75) is 64.3 Å². The van der Waals surface area contributed by atoms with Crippen LogP contribution in [-0.2, 0) is 16.0 Å². The number of ether oxygens (including phenoxy) is 1. The van der Waals surface area contributed by atoms with Crippen LogP contribution in [0.25, 0.3) is 0 Å². The first kappa shape index (κ1) is 22.8. The number of carboxylic acid groups (broad SMARTS) is 1. The van der Waals surface area contributed by atoms with Gasteiger partial charge in [-0.25, -0.2) is 4.79 Å². The first-order chi connectivity index (χ1) is 13.8. The maximum absolute atomic E-state index is 13.2. The summed E-state index contributed by atoms with van der Waals surface area (Å²) in [5.74, 6) is -2.35. The number of hydrogen-bond acceptors (Lipinski definition) is 6. The molecule has 1 aromatic carbocycles. The Labute approximate surface area is 171 Å². The summed E-state index contributed by atoms with van der Waals surface area (Å²) in [5.41, 5.74) is -0.111. The number of methoxy groups -OCH3 is 1. The number of carbonyl (C=O) groups is 2. The van der Waals surface area contributed by atoms with Crippen molar-refractivity contribution in [1.29, 1.82) is 0 Å². The van der Waals surface area contributed by atoms with E-state index in [1.54, 1.807) is 6.07 Å². The number of nitro groups is 1. The molecule has 29 heavy (non-hydrogen) atoms. The van der Waals surface area contributed by atoms with E-state index in [4.69, 9.17) is 4.74 Å². The summed E-state index contributed by atoms with van der Waals surface area (Å²) in [4.78, 5) is 38.3. The molecule has 0 saturated heterocycles. The van der Waals surface area contributed by atoms with Crippen LogP contribution in [0.15, 0.2) is 12.1 Å². The number of nitro benzene ring substituents is 1. The molecule has 1 N–H and O–H groups in total. The number of carbonyl (C=O) groups excluding carboxylic acids is 1. The molecule has 160 valence electrons. The van der Waals surface area contributed by atoms with Gasteiger partial charge in [-0.15, -0.1) is 0 Å². The van der Waals surface area contributed by atoms with Crippen LogP contribution >= 0.6 is 0 Å². The number of rotatable bonds is 10. The van der Waals surface area contributed by atoms with E-state index in [-0.39, 0.29) is 18.5 Å². The Hall–Kier alpha value is -2.48. The van der Waals surface area contributed by atoms with Crippen molar-refractivity contribution in [3.05, 3.63) is 33.4 Å². The van der Waals surface area contributed by atoms with E-state index in [0.717, 1.165) is 12.8 Å². The molecule has 0 spiro atoms. The van der Waals surface area contributed by atoms with Gasteiger partial charge >= 0.3 is 5.97 Å². The Morgan fingerprint density at radius 1 is 1.28 bits per heavy atom. The van der Waals surface area contributed by atoms with Gasteiger partial charge in [-0.1, -0.05) is 20.8 Å². The largest absolute Gasteiger partial charge is 0.496 e.